The molecule has 2 aliphatic rings. The van der Waals surface area contributed by atoms with Crippen molar-refractivity contribution in [1.29, 1.82) is 0 Å². The van der Waals surface area contributed by atoms with Gasteiger partial charge < -0.3 is 9.47 Å². The second-order valence-corrected chi connectivity index (χ2v) is 6.99. The van der Waals surface area contributed by atoms with Gasteiger partial charge in [0.05, 0.1) is 12.2 Å². The van der Waals surface area contributed by atoms with E-state index in [1.165, 1.54) is 5.56 Å². The highest BCUT2D eigenvalue weighted by Gasteiger charge is 2.22. The fourth-order valence-corrected chi connectivity index (χ4v) is 3.42. The Hall–Kier alpha value is -1.47. The molecular formula is C19H28N2O4. The molecular weight excluding hydrogens is 320 g/mol. The van der Waals surface area contributed by atoms with Gasteiger partial charge in [0.1, 0.15) is 0 Å². The number of ether oxygens (including phenoxy) is 2. The Morgan fingerprint density at radius 3 is 2.56 bits per heavy atom. The molecule has 3 rings (SSSR count). The van der Waals surface area contributed by atoms with Crippen LogP contribution >= 0.6 is 0 Å². The maximum absolute atomic E-state index is 12.2. The predicted octanol–water partition coefficient (Wildman–Crippen LogP) is 2.48. The van der Waals surface area contributed by atoms with Crippen LogP contribution in [0.5, 0.6) is 0 Å². The van der Waals surface area contributed by atoms with Gasteiger partial charge in [0.2, 0.25) is 0 Å². The number of amides is 1. The van der Waals surface area contributed by atoms with E-state index in [2.05, 4.69) is 24.2 Å². The Bertz CT molecular complexity index is 547. The minimum absolute atomic E-state index is 0.241. The molecule has 0 aromatic heterocycles. The third-order valence-electron chi connectivity index (χ3n) is 4.54. The van der Waals surface area contributed by atoms with Crippen molar-refractivity contribution in [3.8, 4) is 0 Å². The molecule has 0 saturated carbocycles. The molecule has 2 saturated heterocycles. The largest absolute Gasteiger partial charge is 0.373 e. The average molecular weight is 348 g/mol. The fraction of sp³-hybridized carbons (Fsp3) is 0.632. The third-order valence-corrected chi connectivity index (χ3v) is 4.54. The minimum atomic E-state index is -0.331. The Morgan fingerprint density at radius 1 is 1.20 bits per heavy atom. The van der Waals surface area contributed by atoms with E-state index in [1.54, 1.807) is 0 Å². The summed E-state index contributed by atoms with van der Waals surface area (Å²) in [5, 5.41) is 0. The van der Waals surface area contributed by atoms with Crippen LogP contribution < -0.4 is 5.48 Å². The molecule has 0 bridgehead atoms. The summed E-state index contributed by atoms with van der Waals surface area (Å²) in [6.45, 7) is 7.63. The molecule has 2 fully saturated rings. The molecule has 0 unspecified atom stereocenters. The molecule has 0 spiro atoms. The number of nitrogens with one attached hydrogen (secondary N) is 1. The molecule has 2 heterocycles. The van der Waals surface area contributed by atoms with Gasteiger partial charge in [-0.05, 0) is 44.4 Å². The Morgan fingerprint density at radius 2 is 1.92 bits per heavy atom. The van der Waals surface area contributed by atoms with Gasteiger partial charge in [-0.2, -0.15) is 0 Å². The first-order valence-electron chi connectivity index (χ1n) is 9.14. The van der Waals surface area contributed by atoms with Crippen molar-refractivity contribution >= 4 is 5.91 Å². The summed E-state index contributed by atoms with van der Waals surface area (Å²) < 4.78 is 11.2. The lowest BCUT2D eigenvalue weighted by Crippen LogP contribution is -2.44. The first-order valence-corrected chi connectivity index (χ1v) is 9.14. The van der Waals surface area contributed by atoms with Gasteiger partial charge in [0, 0.05) is 38.2 Å². The van der Waals surface area contributed by atoms with E-state index in [0.29, 0.717) is 12.2 Å². The fourth-order valence-electron chi connectivity index (χ4n) is 3.42. The van der Waals surface area contributed by atoms with Crippen LogP contribution in [0.1, 0.15) is 49.0 Å². The first kappa shape index (κ1) is 18.3. The smallest absolute Gasteiger partial charge is 0.274 e. The van der Waals surface area contributed by atoms with Crippen LogP contribution in [0.2, 0.25) is 0 Å². The second kappa shape index (κ2) is 8.76. The van der Waals surface area contributed by atoms with Crippen LogP contribution in [0.4, 0.5) is 0 Å². The molecule has 6 heteroatoms. The number of nitrogens with zero attached hydrogens (tertiary/aromatic N) is 1. The Kier molecular flexibility index (Phi) is 6.42. The highest BCUT2D eigenvalue weighted by Crippen LogP contribution is 2.15. The molecule has 2 aliphatic heterocycles. The molecule has 6 nitrogen and oxygen atoms in total. The van der Waals surface area contributed by atoms with E-state index in [1.807, 2.05) is 24.3 Å². The summed E-state index contributed by atoms with van der Waals surface area (Å²) in [5.41, 5.74) is 4.27. The van der Waals surface area contributed by atoms with E-state index >= 15 is 0 Å². The van der Waals surface area contributed by atoms with Crippen LogP contribution in [0.15, 0.2) is 24.3 Å². The zero-order valence-electron chi connectivity index (χ0n) is 15.1. The van der Waals surface area contributed by atoms with Crippen molar-refractivity contribution in [3.05, 3.63) is 35.4 Å². The topological polar surface area (TPSA) is 60.0 Å². The second-order valence-electron chi connectivity index (χ2n) is 6.99. The van der Waals surface area contributed by atoms with Crippen LogP contribution in [-0.4, -0.2) is 49.0 Å². The number of benzene rings is 1. The van der Waals surface area contributed by atoms with Crippen molar-refractivity contribution in [2.45, 2.75) is 58.2 Å². The summed E-state index contributed by atoms with van der Waals surface area (Å²) in [7, 11) is 0. The number of hydroxylamine groups is 1. The van der Waals surface area contributed by atoms with Crippen LogP contribution in [0.3, 0.4) is 0 Å². The van der Waals surface area contributed by atoms with Crippen molar-refractivity contribution < 1.29 is 19.1 Å². The minimum Gasteiger partial charge on any atom is -0.373 e. The van der Waals surface area contributed by atoms with Gasteiger partial charge in [-0.3, -0.25) is 9.69 Å². The molecule has 1 aromatic rings. The maximum atomic E-state index is 12.2. The van der Waals surface area contributed by atoms with Crippen LogP contribution in [0, 0.1) is 0 Å². The SMILES string of the molecule is C[C@@H]1CN(Cc2ccc(C(=O)NO[C@@H]3CCCCO3)cc2)C[C@@H](C)O1. The van der Waals surface area contributed by atoms with Crippen molar-refractivity contribution in [2.24, 2.45) is 0 Å². The quantitative estimate of drug-likeness (QED) is 0.829. The highest BCUT2D eigenvalue weighted by molar-refractivity contribution is 5.93. The molecule has 0 radical (unpaired) electrons. The van der Waals surface area contributed by atoms with Gasteiger partial charge in [-0.1, -0.05) is 12.1 Å². The van der Waals surface area contributed by atoms with Gasteiger partial charge in [0.15, 0.2) is 6.29 Å². The molecule has 1 aromatic carbocycles. The van der Waals surface area contributed by atoms with E-state index in [4.69, 9.17) is 14.3 Å². The van der Waals surface area contributed by atoms with Crippen LogP contribution in [-0.2, 0) is 20.9 Å². The number of carbonyl (C=O) groups excluding carboxylic acids is 1. The zero-order valence-corrected chi connectivity index (χ0v) is 15.1. The van der Waals surface area contributed by atoms with Gasteiger partial charge >= 0.3 is 0 Å². The summed E-state index contributed by atoms with van der Waals surface area (Å²) >= 11 is 0. The number of carbonyl (C=O) groups is 1. The molecule has 3 atom stereocenters. The van der Waals surface area contributed by atoms with Gasteiger partial charge in [0.25, 0.3) is 5.91 Å². The number of hydrogen-bond donors (Lipinski definition) is 1. The standard InChI is InChI=1S/C19H28N2O4/c1-14-11-21(12-15(2)24-14)13-16-6-8-17(9-7-16)19(22)20-25-18-5-3-4-10-23-18/h6-9,14-15,18H,3-5,10-13H2,1-2H3,(H,20,22)/t14-,15-,18-/m1/s1. The summed E-state index contributed by atoms with van der Waals surface area (Å²) in [6, 6.07) is 7.67. The van der Waals surface area contributed by atoms with Gasteiger partial charge in [-0.25, -0.2) is 10.3 Å². The normalized spacial score (nSPS) is 27.8. The summed E-state index contributed by atoms with van der Waals surface area (Å²) in [5.74, 6) is -0.241. The Labute approximate surface area is 149 Å². The maximum Gasteiger partial charge on any atom is 0.274 e. The summed E-state index contributed by atoms with van der Waals surface area (Å²) in [4.78, 5) is 19.9. The van der Waals surface area contributed by atoms with E-state index in [-0.39, 0.29) is 24.4 Å². The highest BCUT2D eigenvalue weighted by atomic mass is 16.8. The average Bonchev–Trinajstić information content (AvgIpc) is 2.60. The Balaban J connectivity index is 1.48. The molecule has 1 amide bonds. The lowest BCUT2D eigenvalue weighted by molar-refractivity contribution is -0.186. The summed E-state index contributed by atoms with van der Waals surface area (Å²) in [6.07, 6.45) is 3.11. The molecule has 0 aliphatic carbocycles. The third kappa shape index (κ3) is 5.51. The van der Waals surface area contributed by atoms with E-state index < -0.39 is 0 Å². The van der Waals surface area contributed by atoms with Crippen molar-refractivity contribution in [3.63, 3.8) is 0 Å². The van der Waals surface area contributed by atoms with Crippen LogP contribution in [0.25, 0.3) is 0 Å². The lowest BCUT2D eigenvalue weighted by Gasteiger charge is -2.35. The molecule has 138 valence electrons. The first-order chi connectivity index (χ1) is 12.1. The van der Waals surface area contributed by atoms with Crippen molar-refractivity contribution in [2.75, 3.05) is 19.7 Å². The van der Waals surface area contributed by atoms with Crippen molar-refractivity contribution in [1.82, 2.24) is 10.4 Å². The molecule has 1 N–H and O–H groups in total. The molecule has 25 heavy (non-hydrogen) atoms. The van der Waals surface area contributed by atoms with E-state index in [9.17, 15) is 4.79 Å². The number of rotatable bonds is 5. The van der Waals surface area contributed by atoms with Gasteiger partial charge in [-0.15, -0.1) is 0 Å². The monoisotopic (exact) mass is 348 g/mol. The van der Waals surface area contributed by atoms with E-state index in [0.717, 1.165) is 38.9 Å². The number of hydrogen-bond acceptors (Lipinski definition) is 5. The number of morpholine rings is 1. The predicted molar refractivity (Wildman–Crippen MR) is 93.9 cm³/mol. The lowest BCUT2D eigenvalue weighted by atomic mass is 10.1. The zero-order chi connectivity index (χ0) is 17.6.